The number of likely N-dealkylation sites (tertiary alicyclic amines) is 1. The summed E-state index contributed by atoms with van der Waals surface area (Å²) in [6.07, 6.45) is 3.74. The van der Waals surface area contributed by atoms with E-state index in [4.69, 9.17) is 9.47 Å². The van der Waals surface area contributed by atoms with Gasteiger partial charge in [0.15, 0.2) is 0 Å². The summed E-state index contributed by atoms with van der Waals surface area (Å²) >= 11 is 0. The molecular formula is C14H23NO3. The summed E-state index contributed by atoms with van der Waals surface area (Å²) in [5.74, 6) is 0. The van der Waals surface area contributed by atoms with E-state index in [-0.39, 0.29) is 11.7 Å². The van der Waals surface area contributed by atoms with E-state index in [9.17, 15) is 4.79 Å². The van der Waals surface area contributed by atoms with Crippen molar-refractivity contribution in [2.75, 3.05) is 19.7 Å². The van der Waals surface area contributed by atoms with Crippen molar-refractivity contribution < 1.29 is 14.3 Å². The number of nitrogens with zero attached hydrogens (tertiary/aromatic N) is 1. The fraction of sp³-hybridized carbons (Fsp3) is 0.786. The van der Waals surface area contributed by atoms with Crippen LogP contribution in [0.1, 0.15) is 40.5 Å². The van der Waals surface area contributed by atoms with Crippen LogP contribution >= 0.6 is 0 Å². The standard InChI is InChI=1S/C14H23NO3/c1-11-9-14(17-10-11)5-7-15(8-6-14)12(16)18-13(2,3)4/h9H,5-8,10H2,1-4H3. The van der Waals surface area contributed by atoms with Crippen molar-refractivity contribution in [2.24, 2.45) is 0 Å². The van der Waals surface area contributed by atoms with E-state index in [1.54, 1.807) is 4.90 Å². The van der Waals surface area contributed by atoms with Crippen LogP contribution in [-0.2, 0) is 9.47 Å². The SMILES string of the molecule is CC1=CC2(CCN(C(=O)OC(C)(C)C)CC2)OC1. The van der Waals surface area contributed by atoms with Crippen molar-refractivity contribution in [3.05, 3.63) is 11.6 Å². The molecule has 1 spiro atoms. The maximum Gasteiger partial charge on any atom is 0.410 e. The van der Waals surface area contributed by atoms with Crippen LogP contribution in [0.4, 0.5) is 4.79 Å². The Morgan fingerprint density at radius 3 is 2.44 bits per heavy atom. The van der Waals surface area contributed by atoms with Gasteiger partial charge in [0.05, 0.1) is 12.2 Å². The first-order valence-corrected chi connectivity index (χ1v) is 6.60. The van der Waals surface area contributed by atoms with Gasteiger partial charge in [-0.25, -0.2) is 4.79 Å². The zero-order chi connectivity index (χ0) is 13.4. The minimum absolute atomic E-state index is 0.122. The first-order valence-electron chi connectivity index (χ1n) is 6.60. The van der Waals surface area contributed by atoms with Crippen LogP contribution in [0.5, 0.6) is 0 Å². The quantitative estimate of drug-likeness (QED) is 0.623. The van der Waals surface area contributed by atoms with Gasteiger partial charge in [0, 0.05) is 13.1 Å². The van der Waals surface area contributed by atoms with Gasteiger partial charge in [0.2, 0.25) is 0 Å². The molecule has 4 nitrogen and oxygen atoms in total. The van der Waals surface area contributed by atoms with Crippen LogP contribution in [0.25, 0.3) is 0 Å². The molecule has 102 valence electrons. The monoisotopic (exact) mass is 253 g/mol. The number of rotatable bonds is 0. The number of carbonyl (C=O) groups excluding carboxylic acids is 1. The van der Waals surface area contributed by atoms with Gasteiger partial charge in [0.1, 0.15) is 5.60 Å². The van der Waals surface area contributed by atoms with E-state index in [1.807, 2.05) is 20.8 Å². The summed E-state index contributed by atoms with van der Waals surface area (Å²) in [6.45, 7) is 9.91. The maximum atomic E-state index is 11.9. The number of carbonyl (C=O) groups is 1. The molecule has 2 aliphatic rings. The highest BCUT2D eigenvalue weighted by molar-refractivity contribution is 5.68. The Morgan fingerprint density at radius 1 is 1.39 bits per heavy atom. The largest absolute Gasteiger partial charge is 0.444 e. The molecule has 2 rings (SSSR count). The summed E-state index contributed by atoms with van der Waals surface area (Å²) < 4.78 is 11.2. The number of hydrogen-bond donors (Lipinski definition) is 0. The van der Waals surface area contributed by atoms with E-state index in [0.29, 0.717) is 13.1 Å². The van der Waals surface area contributed by atoms with Gasteiger partial charge in [-0.1, -0.05) is 6.08 Å². The molecule has 18 heavy (non-hydrogen) atoms. The van der Waals surface area contributed by atoms with Crippen LogP contribution in [0.3, 0.4) is 0 Å². The molecule has 0 saturated carbocycles. The summed E-state index contributed by atoms with van der Waals surface area (Å²) in [6, 6.07) is 0. The molecule has 0 aromatic rings. The minimum atomic E-state index is -0.424. The Balaban J connectivity index is 1.89. The molecule has 0 aromatic carbocycles. The van der Waals surface area contributed by atoms with Gasteiger partial charge >= 0.3 is 6.09 Å². The fourth-order valence-corrected chi connectivity index (χ4v) is 2.47. The van der Waals surface area contributed by atoms with Crippen LogP contribution in [0.15, 0.2) is 11.6 Å². The number of amides is 1. The summed E-state index contributed by atoms with van der Waals surface area (Å²) in [4.78, 5) is 13.7. The van der Waals surface area contributed by atoms with E-state index in [1.165, 1.54) is 5.57 Å². The van der Waals surface area contributed by atoms with Crippen LogP contribution in [-0.4, -0.2) is 41.9 Å². The summed E-state index contributed by atoms with van der Waals surface area (Å²) in [5, 5.41) is 0. The smallest absolute Gasteiger partial charge is 0.410 e. The molecule has 0 bridgehead atoms. The Hall–Kier alpha value is -1.03. The van der Waals surface area contributed by atoms with Gasteiger partial charge < -0.3 is 14.4 Å². The van der Waals surface area contributed by atoms with Gasteiger partial charge in [-0.05, 0) is 46.1 Å². The van der Waals surface area contributed by atoms with Gasteiger partial charge in [-0.2, -0.15) is 0 Å². The lowest BCUT2D eigenvalue weighted by atomic mass is 9.91. The molecule has 0 aromatic heterocycles. The molecule has 0 unspecified atom stereocenters. The first kappa shape index (κ1) is 13.4. The van der Waals surface area contributed by atoms with Gasteiger partial charge in [0.25, 0.3) is 0 Å². The second kappa shape index (κ2) is 4.57. The molecular weight excluding hydrogens is 230 g/mol. The summed E-state index contributed by atoms with van der Waals surface area (Å²) in [5.41, 5.74) is 0.746. The molecule has 0 N–H and O–H groups in total. The second-order valence-corrected chi connectivity index (χ2v) is 6.31. The van der Waals surface area contributed by atoms with E-state index in [2.05, 4.69) is 13.0 Å². The third kappa shape index (κ3) is 3.05. The predicted molar refractivity (Wildman–Crippen MR) is 69.5 cm³/mol. The zero-order valence-corrected chi connectivity index (χ0v) is 11.8. The number of hydrogen-bond acceptors (Lipinski definition) is 3. The Labute approximate surface area is 109 Å². The normalized spacial score (nSPS) is 23.1. The average Bonchev–Trinajstić information content (AvgIpc) is 2.58. The lowest BCUT2D eigenvalue weighted by molar-refractivity contribution is -0.0331. The highest BCUT2D eigenvalue weighted by Gasteiger charge is 2.38. The first-order chi connectivity index (χ1) is 8.30. The molecule has 1 amide bonds. The molecule has 4 heteroatoms. The molecule has 1 saturated heterocycles. The van der Waals surface area contributed by atoms with Crippen molar-refractivity contribution in [2.45, 2.75) is 51.7 Å². The maximum absolute atomic E-state index is 11.9. The van der Waals surface area contributed by atoms with E-state index in [0.717, 1.165) is 19.4 Å². The Kier molecular flexibility index (Phi) is 3.41. The molecule has 0 atom stereocenters. The van der Waals surface area contributed by atoms with Crippen molar-refractivity contribution in [1.82, 2.24) is 4.90 Å². The molecule has 1 fully saturated rings. The van der Waals surface area contributed by atoms with Crippen molar-refractivity contribution in [3.8, 4) is 0 Å². The van der Waals surface area contributed by atoms with E-state index >= 15 is 0 Å². The fourth-order valence-electron chi connectivity index (χ4n) is 2.47. The van der Waals surface area contributed by atoms with Gasteiger partial charge in [-0.3, -0.25) is 0 Å². The lowest BCUT2D eigenvalue weighted by Gasteiger charge is -2.38. The average molecular weight is 253 g/mol. The number of ether oxygens (including phenoxy) is 2. The summed E-state index contributed by atoms with van der Waals surface area (Å²) in [7, 11) is 0. The molecule has 2 heterocycles. The molecule has 0 aliphatic carbocycles. The van der Waals surface area contributed by atoms with E-state index < -0.39 is 5.60 Å². The second-order valence-electron chi connectivity index (χ2n) is 6.31. The van der Waals surface area contributed by atoms with Crippen molar-refractivity contribution in [1.29, 1.82) is 0 Å². The zero-order valence-electron chi connectivity index (χ0n) is 11.8. The van der Waals surface area contributed by atoms with Crippen LogP contribution < -0.4 is 0 Å². The third-order valence-electron chi connectivity index (χ3n) is 3.36. The number of piperidine rings is 1. The molecule has 2 aliphatic heterocycles. The highest BCUT2D eigenvalue weighted by atomic mass is 16.6. The van der Waals surface area contributed by atoms with Gasteiger partial charge in [-0.15, -0.1) is 0 Å². The van der Waals surface area contributed by atoms with Crippen molar-refractivity contribution >= 4 is 6.09 Å². The lowest BCUT2D eigenvalue weighted by Crippen LogP contribution is -2.47. The van der Waals surface area contributed by atoms with Crippen LogP contribution in [0.2, 0.25) is 0 Å². The minimum Gasteiger partial charge on any atom is -0.444 e. The highest BCUT2D eigenvalue weighted by Crippen LogP contribution is 2.34. The van der Waals surface area contributed by atoms with Crippen molar-refractivity contribution in [3.63, 3.8) is 0 Å². The predicted octanol–water partition coefficient (Wildman–Crippen LogP) is 2.73. The third-order valence-corrected chi connectivity index (χ3v) is 3.36. The Bertz CT molecular complexity index is 360. The molecule has 0 radical (unpaired) electrons. The Morgan fingerprint density at radius 2 is 2.00 bits per heavy atom. The topological polar surface area (TPSA) is 38.8 Å². The van der Waals surface area contributed by atoms with Crippen LogP contribution in [0, 0.1) is 0 Å².